The molecule has 0 saturated heterocycles. The summed E-state index contributed by atoms with van der Waals surface area (Å²) < 4.78 is 18.9. The van der Waals surface area contributed by atoms with Crippen LogP contribution in [0.25, 0.3) is 0 Å². The zero-order valence-corrected chi connectivity index (χ0v) is 13.6. The number of rotatable bonds is 6. The number of halogens is 1. The Kier molecular flexibility index (Phi) is 5.12. The molecule has 0 saturated carbocycles. The number of hydrogen-bond donors (Lipinski definition) is 1. The van der Waals surface area contributed by atoms with Crippen LogP contribution in [0.2, 0.25) is 0 Å². The van der Waals surface area contributed by atoms with Gasteiger partial charge >= 0.3 is 0 Å². The van der Waals surface area contributed by atoms with Crippen LogP contribution < -0.4 is 10.1 Å². The summed E-state index contributed by atoms with van der Waals surface area (Å²) in [5, 5.41) is 3.41. The van der Waals surface area contributed by atoms with Crippen LogP contribution >= 0.6 is 0 Å². The van der Waals surface area contributed by atoms with E-state index in [1.54, 1.807) is 6.07 Å². The topological polar surface area (TPSA) is 21.3 Å². The maximum atomic E-state index is 13.2. The summed E-state index contributed by atoms with van der Waals surface area (Å²) in [7, 11) is 0. The molecule has 0 fully saturated rings. The average Bonchev–Trinajstić information content (AvgIpc) is 2.59. The minimum atomic E-state index is -0.243. The van der Waals surface area contributed by atoms with Gasteiger partial charge in [0.2, 0.25) is 0 Å². The molecule has 3 aromatic carbocycles. The monoisotopic (exact) mass is 321 g/mol. The van der Waals surface area contributed by atoms with Crippen LogP contribution in [-0.2, 0) is 13.2 Å². The van der Waals surface area contributed by atoms with Crippen LogP contribution in [0.1, 0.15) is 16.7 Å². The van der Waals surface area contributed by atoms with Gasteiger partial charge in [-0.05, 0) is 60.0 Å². The van der Waals surface area contributed by atoms with Crippen molar-refractivity contribution in [2.24, 2.45) is 0 Å². The van der Waals surface area contributed by atoms with E-state index in [0.29, 0.717) is 6.61 Å². The standard InChI is InChI=1S/C21H20FNO/c1-16-5-2-9-20(11-16)23-14-17-6-4-10-21(13-17)24-15-18-7-3-8-19(22)12-18/h2-13,23H,14-15H2,1H3. The minimum Gasteiger partial charge on any atom is -0.489 e. The Bertz CT molecular complexity index is 751. The van der Waals surface area contributed by atoms with Crippen molar-refractivity contribution in [2.75, 3.05) is 5.32 Å². The molecular formula is C21H20FNO. The van der Waals surface area contributed by atoms with E-state index in [2.05, 4.69) is 36.5 Å². The Morgan fingerprint density at radius 2 is 1.67 bits per heavy atom. The number of aryl methyl sites for hydroxylation is 1. The number of nitrogens with one attached hydrogen (secondary N) is 1. The van der Waals surface area contributed by atoms with Gasteiger partial charge in [-0.2, -0.15) is 0 Å². The first-order chi connectivity index (χ1) is 11.7. The first kappa shape index (κ1) is 16.1. The smallest absolute Gasteiger partial charge is 0.123 e. The van der Waals surface area contributed by atoms with Crippen molar-refractivity contribution in [1.82, 2.24) is 0 Å². The van der Waals surface area contributed by atoms with Crippen LogP contribution in [0, 0.1) is 12.7 Å². The summed E-state index contributed by atoms with van der Waals surface area (Å²) >= 11 is 0. The lowest BCUT2D eigenvalue weighted by atomic mass is 10.2. The van der Waals surface area contributed by atoms with Crippen molar-refractivity contribution in [3.8, 4) is 5.75 Å². The Balaban J connectivity index is 1.59. The molecule has 0 aliphatic rings. The van der Waals surface area contributed by atoms with Gasteiger partial charge in [-0.15, -0.1) is 0 Å². The van der Waals surface area contributed by atoms with Crippen molar-refractivity contribution in [3.05, 3.63) is 95.3 Å². The van der Waals surface area contributed by atoms with Gasteiger partial charge in [-0.25, -0.2) is 4.39 Å². The summed E-state index contributed by atoms with van der Waals surface area (Å²) in [5.74, 6) is 0.537. The van der Waals surface area contributed by atoms with E-state index in [0.717, 1.165) is 29.1 Å². The van der Waals surface area contributed by atoms with Crippen LogP contribution in [0.5, 0.6) is 5.75 Å². The maximum Gasteiger partial charge on any atom is 0.123 e. The van der Waals surface area contributed by atoms with Crippen molar-refractivity contribution in [2.45, 2.75) is 20.1 Å². The van der Waals surface area contributed by atoms with E-state index in [4.69, 9.17) is 4.74 Å². The zero-order valence-electron chi connectivity index (χ0n) is 13.6. The third-order valence-corrected chi connectivity index (χ3v) is 3.71. The van der Waals surface area contributed by atoms with Crippen LogP contribution in [0.3, 0.4) is 0 Å². The Morgan fingerprint density at radius 3 is 2.50 bits per heavy atom. The number of anilines is 1. The molecule has 0 heterocycles. The van der Waals surface area contributed by atoms with Crippen molar-refractivity contribution < 1.29 is 9.13 Å². The highest BCUT2D eigenvalue weighted by Gasteiger charge is 2.00. The fourth-order valence-electron chi connectivity index (χ4n) is 2.50. The predicted octanol–water partition coefficient (Wildman–Crippen LogP) is 5.33. The van der Waals surface area contributed by atoms with Gasteiger partial charge in [-0.1, -0.05) is 36.4 Å². The second-order valence-corrected chi connectivity index (χ2v) is 5.79. The lowest BCUT2D eigenvalue weighted by Gasteiger charge is -2.10. The van der Waals surface area contributed by atoms with Crippen LogP contribution in [0.15, 0.2) is 72.8 Å². The molecule has 0 radical (unpaired) electrons. The highest BCUT2D eigenvalue weighted by molar-refractivity contribution is 5.46. The second-order valence-electron chi connectivity index (χ2n) is 5.79. The van der Waals surface area contributed by atoms with E-state index in [9.17, 15) is 4.39 Å². The molecule has 24 heavy (non-hydrogen) atoms. The molecule has 0 atom stereocenters. The summed E-state index contributed by atoms with van der Waals surface area (Å²) in [6.07, 6.45) is 0. The number of hydrogen-bond acceptors (Lipinski definition) is 2. The quantitative estimate of drug-likeness (QED) is 0.663. The highest BCUT2D eigenvalue weighted by Crippen LogP contribution is 2.17. The molecule has 0 unspecified atom stereocenters. The number of ether oxygens (including phenoxy) is 1. The van der Waals surface area contributed by atoms with E-state index in [1.165, 1.54) is 17.7 Å². The summed E-state index contributed by atoms with van der Waals surface area (Å²) in [6.45, 7) is 3.15. The lowest BCUT2D eigenvalue weighted by molar-refractivity contribution is 0.305. The molecule has 0 aliphatic carbocycles. The number of benzene rings is 3. The minimum absolute atomic E-state index is 0.243. The molecule has 1 N–H and O–H groups in total. The van der Waals surface area contributed by atoms with Gasteiger partial charge in [-0.3, -0.25) is 0 Å². The van der Waals surface area contributed by atoms with Crippen molar-refractivity contribution >= 4 is 5.69 Å². The van der Waals surface area contributed by atoms with E-state index < -0.39 is 0 Å². The van der Waals surface area contributed by atoms with Gasteiger partial charge in [0.05, 0.1) is 0 Å². The summed E-state index contributed by atoms with van der Waals surface area (Å²) in [4.78, 5) is 0. The second kappa shape index (κ2) is 7.64. The zero-order chi connectivity index (χ0) is 16.8. The molecular weight excluding hydrogens is 301 g/mol. The SMILES string of the molecule is Cc1cccc(NCc2cccc(OCc3cccc(F)c3)c2)c1. The van der Waals surface area contributed by atoms with E-state index in [-0.39, 0.29) is 5.82 Å². The Morgan fingerprint density at radius 1 is 0.875 bits per heavy atom. The molecule has 0 aromatic heterocycles. The molecule has 0 amide bonds. The van der Waals surface area contributed by atoms with Crippen LogP contribution in [0.4, 0.5) is 10.1 Å². The lowest BCUT2D eigenvalue weighted by Crippen LogP contribution is -2.01. The summed E-state index contributed by atoms with van der Waals surface area (Å²) in [5.41, 5.74) is 4.28. The largest absolute Gasteiger partial charge is 0.489 e. The fourth-order valence-corrected chi connectivity index (χ4v) is 2.50. The first-order valence-corrected chi connectivity index (χ1v) is 7.96. The third-order valence-electron chi connectivity index (χ3n) is 3.71. The molecule has 3 rings (SSSR count). The fraction of sp³-hybridized carbons (Fsp3) is 0.143. The Labute approximate surface area is 141 Å². The summed E-state index contributed by atoms with van der Waals surface area (Å²) in [6, 6.07) is 22.7. The first-order valence-electron chi connectivity index (χ1n) is 7.96. The Hall–Kier alpha value is -2.81. The normalized spacial score (nSPS) is 10.4. The third kappa shape index (κ3) is 4.59. The molecule has 0 aliphatic heterocycles. The molecule has 0 spiro atoms. The molecule has 3 aromatic rings. The highest BCUT2D eigenvalue weighted by atomic mass is 19.1. The van der Waals surface area contributed by atoms with Gasteiger partial charge < -0.3 is 10.1 Å². The van der Waals surface area contributed by atoms with Gasteiger partial charge in [0.1, 0.15) is 18.2 Å². The average molecular weight is 321 g/mol. The van der Waals surface area contributed by atoms with E-state index in [1.807, 2.05) is 30.3 Å². The van der Waals surface area contributed by atoms with Gasteiger partial charge in [0.15, 0.2) is 0 Å². The van der Waals surface area contributed by atoms with Gasteiger partial charge in [0.25, 0.3) is 0 Å². The van der Waals surface area contributed by atoms with E-state index >= 15 is 0 Å². The molecule has 122 valence electrons. The predicted molar refractivity (Wildman–Crippen MR) is 95.7 cm³/mol. The van der Waals surface area contributed by atoms with Crippen molar-refractivity contribution in [1.29, 1.82) is 0 Å². The molecule has 0 bridgehead atoms. The maximum absolute atomic E-state index is 13.2. The van der Waals surface area contributed by atoms with Crippen LogP contribution in [-0.4, -0.2) is 0 Å². The molecule has 2 nitrogen and oxygen atoms in total. The molecule has 3 heteroatoms. The van der Waals surface area contributed by atoms with Crippen molar-refractivity contribution in [3.63, 3.8) is 0 Å². The van der Waals surface area contributed by atoms with Gasteiger partial charge in [0, 0.05) is 12.2 Å².